The topological polar surface area (TPSA) is 60.1 Å². The average Bonchev–Trinajstić information content (AvgIpc) is 2.63. The van der Waals surface area contributed by atoms with E-state index in [1.54, 1.807) is 4.57 Å². The molecule has 0 aliphatic heterocycles. The van der Waals surface area contributed by atoms with Crippen LogP contribution in [0, 0.1) is 0 Å². The number of nitrogens with two attached hydrogens (primary N) is 1. The van der Waals surface area contributed by atoms with Gasteiger partial charge in [-0.15, -0.1) is 0 Å². The van der Waals surface area contributed by atoms with Gasteiger partial charge in [-0.3, -0.25) is 4.79 Å². The lowest BCUT2D eigenvalue weighted by Gasteiger charge is -2.01. The second kappa shape index (κ2) is 6.59. The fourth-order valence-electron chi connectivity index (χ4n) is 2.05. The van der Waals surface area contributed by atoms with Crippen LogP contribution in [-0.4, -0.2) is 24.6 Å². The molecule has 0 atom stereocenters. The third kappa shape index (κ3) is 2.91. The summed E-state index contributed by atoms with van der Waals surface area (Å²) in [6.07, 6.45) is 0.845. The van der Waals surface area contributed by atoms with Gasteiger partial charge in [-0.1, -0.05) is 30.7 Å². The van der Waals surface area contributed by atoms with Gasteiger partial charge < -0.3 is 15.6 Å². The van der Waals surface area contributed by atoms with Crippen molar-refractivity contribution in [2.75, 3.05) is 14.1 Å². The van der Waals surface area contributed by atoms with E-state index in [0.717, 1.165) is 22.9 Å². The molecule has 5 heteroatoms. The maximum Gasteiger partial charge on any atom is 0.252 e. The summed E-state index contributed by atoms with van der Waals surface area (Å²) in [7, 11) is 5.58. The highest BCUT2D eigenvalue weighted by molar-refractivity contribution is 6.35. The molecule has 1 aromatic heterocycles. The van der Waals surface area contributed by atoms with Crippen LogP contribution in [-0.2, 0) is 13.5 Å². The van der Waals surface area contributed by atoms with E-state index in [0.29, 0.717) is 10.7 Å². The summed E-state index contributed by atoms with van der Waals surface area (Å²) in [5.74, 6) is -0.475. The Balaban J connectivity index is 0.000000550. The number of primary amides is 1. The first-order valence-electron chi connectivity index (χ1n) is 6.13. The maximum atomic E-state index is 11.4. The van der Waals surface area contributed by atoms with E-state index < -0.39 is 5.91 Å². The third-order valence-electron chi connectivity index (χ3n) is 2.87. The standard InChI is InChI=1S/C12H13ClN2O.C2H7N/c1-3-7-5-4-6-8-9(7)10(12(14)16)11(13)15(8)2;1-3-2/h4-6H,3H2,1-2H3,(H2,14,16);3H,1-2H3. The van der Waals surface area contributed by atoms with Crippen LogP contribution >= 0.6 is 11.6 Å². The Morgan fingerprint density at radius 3 is 2.47 bits per heavy atom. The van der Waals surface area contributed by atoms with E-state index in [1.165, 1.54) is 0 Å². The van der Waals surface area contributed by atoms with E-state index in [-0.39, 0.29) is 0 Å². The van der Waals surface area contributed by atoms with Gasteiger partial charge in [0, 0.05) is 12.4 Å². The van der Waals surface area contributed by atoms with Crippen LogP contribution in [0.1, 0.15) is 22.8 Å². The number of nitrogens with zero attached hydrogens (tertiary/aromatic N) is 1. The Bertz CT molecular complexity index is 590. The van der Waals surface area contributed by atoms with Crippen LogP contribution in [0.2, 0.25) is 5.15 Å². The minimum atomic E-state index is -0.475. The van der Waals surface area contributed by atoms with Gasteiger partial charge in [-0.05, 0) is 32.1 Å². The zero-order valence-electron chi connectivity index (χ0n) is 11.7. The van der Waals surface area contributed by atoms with Gasteiger partial charge in [0.25, 0.3) is 5.91 Å². The molecule has 2 rings (SSSR count). The molecule has 3 N–H and O–H groups in total. The molecule has 0 saturated heterocycles. The molecule has 2 aromatic rings. The Morgan fingerprint density at radius 2 is 2.00 bits per heavy atom. The number of aromatic nitrogens is 1. The second-order valence-corrected chi connectivity index (χ2v) is 4.61. The van der Waals surface area contributed by atoms with Crippen LogP contribution in [0.4, 0.5) is 0 Å². The van der Waals surface area contributed by atoms with Crippen molar-refractivity contribution in [3.8, 4) is 0 Å². The fraction of sp³-hybridized carbons (Fsp3) is 0.357. The Labute approximate surface area is 118 Å². The summed E-state index contributed by atoms with van der Waals surface area (Å²) in [5, 5.41) is 4.04. The molecule has 1 heterocycles. The largest absolute Gasteiger partial charge is 0.365 e. The Hall–Kier alpha value is -1.52. The summed E-state index contributed by atoms with van der Waals surface area (Å²) in [6.45, 7) is 2.04. The molecule has 0 aliphatic rings. The average molecular weight is 282 g/mol. The van der Waals surface area contributed by atoms with Gasteiger partial charge in [0.1, 0.15) is 5.15 Å². The van der Waals surface area contributed by atoms with E-state index in [1.807, 2.05) is 46.3 Å². The number of hydrogen-bond acceptors (Lipinski definition) is 2. The number of benzene rings is 1. The normalized spacial score (nSPS) is 10.2. The zero-order chi connectivity index (χ0) is 14.6. The Morgan fingerprint density at radius 1 is 1.42 bits per heavy atom. The van der Waals surface area contributed by atoms with Crippen molar-refractivity contribution in [2.45, 2.75) is 13.3 Å². The molecular weight excluding hydrogens is 262 g/mol. The summed E-state index contributed by atoms with van der Waals surface area (Å²) >= 11 is 6.12. The first-order valence-corrected chi connectivity index (χ1v) is 6.51. The van der Waals surface area contributed by atoms with E-state index in [2.05, 4.69) is 5.32 Å². The molecule has 0 radical (unpaired) electrons. The number of aryl methyl sites for hydroxylation is 2. The highest BCUT2D eigenvalue weighted by Gasteiger charge is 2.19. The molecule has 1 amide bonds. The van der Waals surface area contributed by atoms with Crippen molar-refractivity contribution in [3.63, 3.8) is 0 Å². The molecule has 0 saturated carbocycles. The van der Waals surface area contributed by atoms with Crippen molar-refractivity contribution in [3.05, 3.63) is 34.5 Å². The fourth-order valence-corrected chi connectivity index (χ4v) is 2.33. The lowest BCUT2D eigenvalue weighted by Crippen LogP contribution is -2.11. The first kappa shape index (κ1) is 15.5. The number of carbonyl (C=O) groups excluding carboxylic acids is 1. The molecule has 0 unspecified atom stereocenters. The molecule has 0 aliphatic carbocycles. The summed E-state index contributed by atoms with van der Waals surface area (Å²) in [4.78, 5) is 11.4. The molecule has 4 nitrogen and oxygen atoms in total. The molecule has 0 fully saturated rings. The highest BCUT2D eigenvalue weighted by atomic mass is 35.5. The molecule has 0 bridgehead atoms. The number of fused-ring (bicyclic) bond motifs is 1. The second-order valence-electron chi connectivity index (χ2n) is 4.25. The molecule has 19 heavy (non-hydrogen) atoms. The molecule has 1 aromatic carbocycles. The predicted octanol–water partition coefficient (Wildman–Crippen LogP) is 2.33. The minimum Gasteiger partial charge on any atom is -0.365 e. The summed E-state index contributed by atoms with van der Waals surface area (Å²) < 4.78 is 1.79. The van der Waals surface area contributed by atoms with E-state index >= 15 is 0 Å². The number of hydrogen-bond donors (Lipinski definition) is 2. The van der Waals surface area contributed by atoms with E-state index in [9.17, 15) is 4.79 Å². The summed E-state index contributed by atoms with van der Waals surface area (Å²) in [6, 6.07) is 5.89. The van der Waals surface area contributed by atoms with Gasteiger partial charge >= 0.3 is 0 Å². The van der Waals surface area contributed by atoms with Gasteiger partial charge in [0.15, 0.2) is 0 Å². The van der Waals surface area contributed by atoms with Crippen LogP contribution in [0.5, 0.6) is 0 Å². The van der Waals surface area contributed by atoms with Gasteiger partial charge in [0.05, 0.1) is 11.1 Å². The van der Waals surface area contributed by atoms with Gasteiger partial charge in [-0.2, -0.15) is 0 Å². The van der Waals surface area contributed by atoms with Crippen molar-refractivity contribution >= 4 is 28.4 Å². The van der Waals surface area contributed by atoms with Crippen LogP contribution in [0.15, 0.2) is 18.2 Å². The minimum absolute atomic E-state index is 0.406. The highest BCUT2D eigenvalue weighted by Crippen LogP contribution is 2.31. The quantitative estimate of drug-likeness (QED) is 0.887. The zero-order valence-corrected chi connectivity index (χ0v) is 12.5. The first-order chi connectivity index (χ1) is 8.99. The van der Waals surface area contributed by atoms with Crippen LogP contribution < -0.4 is 11.1 Å². The predicted molar refractivity (Wildman–Crippen MR) is 80.8 cm³/mol. The SMILES string of the molecule is CCc1cccc2c1c(C(N)=O)c(Cl)n2C.CNC. The van der Waals surface area contributed by atoms with Crippen molar-refractivity contribution < 1.29 is 4.79 Å². The summed E-state index contributed by atoms with van der Waals surface area (Å²) in [5.41, 5.74) is 7.84. The molecule has 104 valence electrons. The van der Waals surface area contributed by atoms with Crippen LogP contribution in [0.25, 0.3) is 10.9 Å². The third-order valence-corrected chi connectivity index (χ3v) is 3.31. The van der Waals surface area contributed by atoms with Crippen molar-refractivity contribution in [1.82, 2.24) is 9.88 Å². The van der Waals surface area contributed by atoms with Gasteiger partial charge in [-0.25, -0.2) is 0 Å². The van der Waals surface area contributed by atoms with Crippen molar-refractivity contribution in [1.29, 1.82) is 0 Å². The number of nitrogens with one attached hydrogen (secondary N) is 1. The Kier molecular flexibility index (Phi) is 5.39. The number of halogens is 1. The number of amides is 1. The maximum absolute atomic E-state index is 11.4. The number of carbonyl (C=O) groups is 1. The molecular formula is C14H20ClN3O. The smallest absolute Gasteiger partial charge is 0.252 e. The lowest BCUT2D eigenvalue weighted by molar-refractivity contribution is 0.100. The van der Waals surface area contributed by atoms with Crippen molar-refractivity contribution in [2.24, 2.45) is 12.8 Å². The number of rotatable bonds is 2. The van der Waals surface area contributed by atoms with E-state index in [4.69, 9.17) is 17.3 Å². The molecule has 0 spiro atoms. The van der Waals surface area contributed by atoms with Gasteiger partial charge in [0.2, 0.25) is 0 Å². The lowest BCUT2D eigenvalue weighted by atomic mass is 10.0. The monoisotopic (exact) mass is 281 g/mol. The van der Waals surface area contributed by atoms with Crippen LogP contribution in [0.3, 0.4) is 0 Å².